The minimum Gasteiger partial charge on any atom is -0.444 e. The van der Waals surface area contributed by atoms with Crippen LogP contribution in [0.5, 0.6) is 0 Å². The molecule has 0 spiro atoms. The van der Waals surface area contributed by atoms with Gasteiger partial charge in [0.25, 0.3) is 10.1 Å². The monoisotopic (exact) mass is 564 g/mol. The van der Waals surface area contributed by atoms with Crippen LogP contribution in [-0.2, 0) is 34.2 Å². The van der Waals surface area contributed by atoms with Crippen LogP contribution in [0.15, 0.2) is 18.2 Å². The maximum Gasteiger partial charge on any atom is 0.410 e. The summed E-state index contributed by atoms with van der Waals surface area (Å²) in [5.41, 5.74) is -0.901. The lowest BCUT2D eigenvalue weighted by atomic mass is 9.87. The van der Waals surface area contributed by atoms with Gasteiger partial charge in [-0.05, 0) is 51.3 Å². The van der Waals surface area contributed by atoms with Crippen molar-refractivity contribution in [2.75, 3.05) is 45.6 Å². The van der Waals surface area contributed by atoms with Gasteiger partial charge in [0.1, 0.15) is 11.2 Å². The van der Waals surface area contributed by atoms with E-state index in [1.807, 2.05) is 20.8 Å². The Kier molecular flexibility index (Phi) is 9.20. The van der Waals surface area contributed by atoms with Gasteiger partial charge in [0.2, 0.25) is 5.91 Å². The highest BCUT2D eigenvalue weighted by Crippen LogP contribution is 2.37. The van der Waals surface area contributed by atoms with Crippen LogP contribution >= 0.6 is 23.2 Å². The second-order valence-corrected chi connectivity index (χ2v) is 12.7. The number of rotatable bonds is 6. The number of morpholine rings is 1. The number of nitrogens with zero attached hydrogens (tertiary/aromatic N) is 2. The van der Waals surface area contributed by atoms with Crippen LogP contribution in [0.2, 0.25) is 10.0 Å². The molecule has 2 aliphatic heterocycles. The fourth-order valence-corrected chi connectivity index (χ4v) is 5.16. The van der Waals surface area contributed by atoms with Crippen LogP contribution in [-0.4, -0.2) is 81.5 Å². The SMILES string of the molecule is CC(C)(C)OC(=O)N1CCC(C(=O)N2CCO[C@](CCOS(C)(=O)=O)(c3ccc(Cl)c(Cl)c3)C2)CC1. The van der Waals surface area contributed by atoms with E-state index in [2.05, 4.69) is 0 Å². The summed E-state index contributed by atoms with van der Waals surface area (Å²) >= 11 is 12.4. The lowest BCUT2D eigenvalue weighted by Gasteiger charge is -2.44. The fourth-order valence-electron chi connectivity index (χ4n) is 4.47. The van der Waals surface area contributed by atoms with E-state index in [4.69, 9.17) is 36.9 Å². The summed E-state index contributed by atoms with van der Waals surface area (Å²) in [6, 6.07) is 5.09. The first-order valence-electron chi connectivity index (χ1n) is 11.9. The highest BCUT2D eigenvalue weighted by molar-refractivity contribution is 7.85. The molecule has 2 heterocycles. The molecular weight excluding hydrogens is 531 g/mol. The Bertz CT molecular complexity index is 1070. The van der Waals surface area contributed by atoms with Crippen molar-refractivity contribution in [1.82, 2.24) is 9.80 Å². The second-order valence-electron chi connectivity index (χ2n) is 10.2. The van der Waals surface area contributed by atoms with Crippen LogP contribution in [0.1, 0.15) is 45.6 Å². The average Bonchev–Trinajstić information content (AvgIpc) is 2.78. The topological polar surface area (TPSA) is 102 Å². The third kappa shape index (κ3) is 7.71. The number of likely N-dealkylation sites (tertiary alicyclic amines) is 1. The molecule has 36 heavy (non-hydrogen) atoms. The first-order chi connectivity index (χ1) is 16.7. The summed E-state index contributed by atoms with van der Waals surface area (Å²) in [7, 11) is -3.65. The zero-order valence-corrected chi connectivity index (χ0v) is 23.4. The lowest BCUT2D eigenvalue weighted by molar-refractivity contribution is -0.160. The van der Waals surface area contributed by atoms with Gasteiger partial charge < -0.3 is 19.3 Å². The molecule has 0 radical (unpaired) electrons. The maximum atomic E-state index is 13.5. The Morgan fingerprint density at radius 2 is 1.78 bits per heavy atom. The number of carbonyl (C=O) groups excluding carboxylic acids is 2. The summed E-state index contributed by atoms with van der Waals surface area (Å²) in [6.07, 6.45) is 1.88. The zero-order chi connectivity index (χ0) is 26.7. The highest BCUT2D eigenvalue weighted by Gasteiger charge is 2.42. The molecule has 3 rings (SSSR count). The van der Waals surface area contributed by atoms with Gasteiger partial charge in [-0.3, -0.25) is 8.98 Å². The summed E-state index contributed by atoms with van der Waals surface area (Å²) in [6.45, 7) is 7.11. The number of hydrogen-bond acceptors (Lipinski definition) is 7. The Morgan fingerprint density at radius 3 is 2.36 bits per heavy atom. The Labute approximate surface area is 223 Å². The van der Waals surface area contributed by atoms with Gasteiger partial charge in [-0.1, -0.05) is 29.3 Å². The molecule has 1 aromatic carbocycles. The first kappa shape index (κ1) is 29.0. The number of carbonyl (C=O) groups is 2. The largest absolute Gasteiger partial charge is 0.444 e. The molecule has 202 valence electrons. The quantitative estimate of drug-likeness (QED) is 0.480. The van der Waals surface area contributed by atoms with Gasteiger partial charge in [-0.25, -0.2) is 4.79 Å². The van der Waals surface area contributed by atoms with E-state index in [1.165, 1.54) is 0 Å². The molecule has 0 bridgehead atoms. The first-order valence-corrected chi connectivity index (χ1v) is 14.5. The molecule has 1 atom stereocenters. The molecule has 2 fully saturated rings. The highest BCUT2D eigenvalue weighted by atomic mass is 35.5. The van der Waals surface area contributed by atoms with Crippen molar-refractivity contribution in [3.8, 4) is 0 Å². The van der Waals surface area contributed by atoms with Gasteiger partial charge in [0.05, 0.1) is 36.1 Å². The van der Waals surface area contributed by atoms with Crippen molar-refractivity contribution in [2.24, 2.45) is 5.92 Å². The number of piperidine rings is 1. The van der Waals surface area contributed by atoms with E-state index in [9.17, 15) is 18.0 Å². The van der Waals surface area contributed by atoms with Crippen LogP contribution < -0.4 is 0 Å². The zero-order valence-electron chi connectivity index (χ0n) is 21.1. The van der Waals surface area contributed by atoms with Crippen molar-refractivity contribution in [2.45, 2.75) is 51.2 Å². The van der Waals surface area contributed by atoms with Crippen molar-refractivity contribution < 1.29 is 31.7 Å². The molecule has 2 amide bonds. The summed E-state index contributed by atoms with van der Waals surface area (Å²) in [4.78, 5) is 29.3. The number of benzene rings is 1. The number of halogens is 2. The minimum absolute atomic E-state index is 0.0180. The van der Waals surface area contributed by atoms with Gasteiger partial charge in [0, 0.05) is 32.0 Å². The molecule has 2 saturated heterocycles. The van der Waals surface area contributed by atoms with Crippen molar-refractivity contribution >= 4 is 45.3 Å². The Balaban J connectivity index is 1.72. The third-order valence-electron chi connectivity index (χ3n) is 6.24. The van der Waals surface area contributed by atoms with Crippen molar-refractivity contribution in [3.05, 3.63) is 33.8 Å². The molecule has 9 nitrogen and oxygen atoms in total. The van der Waals surface area contributed by atoms with E-state index in [-0.39, 0.29) is 44.1 Å². The Hall–Kier alpha value is -1.59. The molecule has 0 saturated carbocycles. The molecule has 0 aliphatic carbocycles. The minimum atomic E-state index is -3.65. The molecule has 2 aliphatic rings. The van der Waals surface area contributed by atoms with Crippen LogP contribution in [0.4, 0.5) is 4.79 Å². The maximum absolute atomic E-state index is 13.5. The number of ether oxygens (including phenoxy) is 2. The molecular formula is C24H34Cl2N2O7S. The number of amides is 2. The molecule has 1 aromatic rings. The summed E-state index contributed by atoms with van der Waals surface area (Å²) in [5, 5.41) is 0.711. The predicted molar refractivity (Wildman–Crippen MR) is 137 cm³/mol. The van der Waals surface area contributed by atoms with E-state index >= 15 is 0 Å². The van der Waals surface area contributed by atoms with E-state index in [0.717, 1.165) is 6.26 Å². The third-order valence-corrected chi connectivity index (χ3v) is 7.58. The predicted octanol–water partition coefficient (Wildman–Crippen LogP) is 4.06. The summed E-state index contributed by atoms with van der Waals surface area (Å²) < 4.78 is 39.7. The summed E-state index contributed by atoms with van der Waals surface area (Å²) in [5.74, 6) is -0.254. The smallest absolute Gasteiger partial charge is 0.410 e. The van der Waals surface area contributed by atoms with Gasteiger partial charge >= 0.3 is 6.09 Å². The average molecular weight is 566 g/mol. The number of hydrogen-bond donors (Lipinski definition) is 0. The standard InChI is InChI=1S/C24H34Cl2N2O7S/c1-23(2,3)35-22(30)27-10-7-17(8-11-27)21(29)28-12-14-33-24(16-28,9-13-34-36(4,31)32)18-5-6-19(25)20(26)15-18/h5-6,15,17H,7-14,16H2,1-4H3/t24-/m0/s1. The van der Waals surface area contributed by atoms with E-state index in [0.29, 0.717) is 48.1 Å². The fraction of sp³-hybridized carbons (Fsp3) is 0.667. The van der Waals surface area contributed by atoms with Crippen LogP contribution in [0.3, 0.4) is 0 Å². The molecule has 0 N–H and O–H groups in total. The molecule has 0 unspecified atom stereocenters. The Morgan fingerprint density at radius 1 is 1.11 bits per heavy atom. The molecule has 0 aromatic heterocycles. The van der Waals surface area contributed by atoms with E-state index < -0.39 is 21.3 Å². The molecule has 12 heteroatoms. The van der Waals surface area contributed by atoms with Crippen molar-refractivity contribution in [1.29, 1.82) is 0 Å². The second kappa shape index (κ2) is 11.4. The van der Waals surface area contributed by atoms with Crippen molar-refractivity contribution in [3.63, 3.8) is 0 Å². The van der Waals surface area contributed by atoms with E-state index in [1.54, 1.807) is 28.0 Å². The van der Waals surface area contributed by atoms with Gasteiger partial charge in [-0.15, -0.1) is 0 Å². The normalized spacial score (nSPS) is 21.9. The van der Waals surface area contributed by atoms with Crippen LogP contribution in [0.25, 0.3) is 0 Å². The van der Waals surface area contributed by atoms with Crippen LogP contribution in [0, 0.1) is 5.92 Å². The lowest BCUT2D eigenvalue weighted by Crippen LogP contribution is -2.54. The van der Waals surface area contributed by atoms with Gasteiger partial charge in [0.15, 0.2) is 0 Å². The van der Waals surface area contributed by atoms with Gasteiger partial charge in [-0.2, -0.15) is 8.42 Å².